The smallest absolute Gasteiger partial charge is 0.0416 e. The summed E-state index contributed by atoms with van der Waals surface area (Å²) in [5.41, 5.74) is 4.85. The van der Waals surface area contributed by atoms with Crippen molar-refractivity contribution in [2.45, 2.75) is 46.6 Å². The Morgan fingerprint density at radius 1 is 0.864 bits per heavy atom. The molecule has 0 bridgehead atoms. The number of rotatable bonds is 7. The van der Waals surface area contributed by atoms with E-state index in [-0.39, 0.29) is 0 Å². The summed E-state index contributed by atoms with van der Waals surface area (Å²) in [5.74, 6) is 0.717. The fourth-order valence-electron chi connectivity index (χ4n) is 2.81. The second-order valence-corrected chi connectivity index (χ2v) is 6.39. The van der Waals surface area contributed by atoms with Gasteiger partial charge in [0.15, 0.2) is 0 Å². The summed E-state index contributed by atoms with van der Waals surface area (Å²) < 4.78 is 0. The van der Waals surface area contributed by atoms with Gasteiger partial charge in [-0.15, -0.1) is 0 Å². The van der Waals surface area contributed by atoms with Gasteiger partial charge < -0.3 is 10.6 Å². The van der Waals surface area contributed by atoms with Crippen molar-refractivity contribution in [2.24, 2.45) is 5.92 Å². The fourth-order valence-corrected chi connectivity index (χ4v) is 2.81. The van der Waals surface area contributed by atoms with Gasteiger partial charge in [-0.1, -0.05) is 39.0 Å². The van der Waals surface area contributed by atoms with Crippen molar-refractivity contribution in [2.75, 3.05) is 10.6 Å². The molecule has 0 fully saturated rings. The Morgan fingerprint density at radius 2 is 1.50 bits per heavy atom. The number of benzene rings is 2. The lowest BCUT2D eigenvalue weighted by Gasteiger charge is -2.18. The molecule has 0 spiro atoms. The summed E-state index contributed by atoms with van der Waals surface area (Å²) >= 11 is 0. The molecule has 0 aliphatic rings. The largest absolute Gasteiger partial charge is 0.383 e. The Balaban J connectivity index is 2.00. The van der Waals surface area contributed by atoms with Gasteiger partial charge in [0, 0.05) is 23.1 Å². The molecule has 118 valence electrons. The van der Waals surface area contributed by atoms with Crippen molar-refractivity contribution in [3.63, 3.8) is 0 Å². The molecule has 2 rings (SSSR count). The second-order valence-electron chi connectivity index (χ2n) is 6.39. The summed E-state index contributed by atoms with van der Waals surface area (Å²) in [5, 5.41) is 7.07. The lowest BCUT2D eigenvalue weighted by molar-refractivity contribution is 0.540. The molecule has 0 aromatic heterocycles. The topological polar surface area (TPSA) is 24.1 Å². The van der Waals surface area contributed by atoms with Crippen molar-refractivity contribution in [3.8, 4) is 0 Å². The summed E-state index contributed by atoms with van der Waals surface area (Å²) in [6.07, 6.45) is 2.22. The molecule has 2 heteroatoms. The van der Waals surface area contributed by atoms with Crippen molar-refractivity contribution in [1.82, 2.24) is 0 Å². The molecule has 0 heterocycles. The van der Waals surface area contributed by atoms with Crippen LogP contribution in [-0.2, 0) is 6.42 Å². The standard InChI is InChI=1S/C20H28N2/c1-5-17-8-6-7-9-20(17)22-19-12-10-18(11-13-19)21-16(4)14-15(2)3/h6-13,15-16,21-22H,5,14H2,1-4H3. The van der Waals surface area contributed by atoms with Gasteiger partial charge in [-0.25, -0.2) is 0 Å². The molecule has 0 aliphatic heterocycles. The van der Waals surface area contributed by atoms with E-state index in [0.717, 1.165) is 12.1 Å². The number of hydrogen-bond donors (Lipinski definition) is 2. The number of aryl methyl sites for hydroxylation is 1. The first kappa shape index (κ1) is 16.4. The third-order valence-electron chi connectivity index (χ3n) is 3.80. The number of hydrogen-bond acceptors (Lipinski definition) is 2. The van der Waals surface area contributed by atoms with E-state index in [4.69, 9.17) is 0 Å². The Hall–Kier alpha value is -1.96. The molecule has 22 heavy (non-hydrogen) atoms. The lowest BCUT2D eigenvalue weighted by atomic mass is 10.1. The van der Waals surface area contributed by atoms with E-state index < -0.39 is 0 Å². The minimum Gasteiger partial charge on any atom is -0.383 e. The van der Waals surface area contributed by atoms with E-state index in [1.165, 1.54) is 23.4 Å². The fraction of sp³-hybridized carbons (Fsp3) is 0.400. The van der Waals surface area contributed by atoms with E-state index in [1.807, 2.05) is 0 Å². The Kier molecular flexibility index (Phi) is 5.88. The van der Waals surface area contributed by atoms with Crippen LogP contribution in [0, 0.1) is 5.92 Å². The molecule has 0 saturated heterocycles. The number of para-hydroxylation sites is 1. The van der Waals surface area contributed by atoms with Crippen LogP contribution in [0.5, 0.6) is 0 Å². The molecule has 1 unspecified atom stereocenters. The van der Waals surface area contributed by atoms with Gasteiger partial charge in [0.25, 0.3) is 0 Å². The molecular formula is C20H28N2. The van der Waals surface area contributed by atoms with Gasteiger partial charge in [-0.3, -0.25) is 0 Å². The van der Waals surface area contributed by atoms with E-state index >= 15 is 0 Å². The SMILES string of the molecule is CCc1ccccc1Nc1ccc(NC(C)CC(C)C)cc1. The molecule has 0 saturated carbocycles. The molecule has 2 nitrogen and oxygen atoms in total. The summed E-state index contributed by atoms with van der Waals surface area (Å²) in [6, 6.07) is 17.5. The van der Waals surface area contributed by atoms with Crippen molar-refractivity contribution in [3.05, 3.63) is 54.1 Å². The summed E-state index contributed by atoms with van der Waals surface area (Å²) in [7, 11) is 0. The number of nitrogens with one attached hydrogen (secondary N) is 2. The first-order chi connectivity index (χ1) is 10.6. The van der Waals surface area contributed by atoms with Gasteiger partial charge in [-0.05, 0) is 61.6 Å². The summed E-state index contributed by atoms with van der Waals surface area (Å²) in [6.45, 7) is 8.94. The zero-order chi connectivity index (χ0) is 15.9. The van der Waals surface area contributed by atoms with E-state index in [9.17, 15) is 0 Å². The van der Waals surface area contributed by atoms with Crippen LogP contribution in [0.15, 0.2) is 48.5 Å². The third kappa shape index (κ3) is 4.80. The maximum Gasteiger partial charge on any atom is 0.0416 e. The molecule has 2 N–H and O–H groups in total. The monoisotopic (exact) mass is 296 g/mol. The van der Waals surface area contributed by atoms with Gasteiger partial charge >= 0.3 is 0 Å². The highest BCUT2D eigenvalue weighted by Gasteiger charge is 2.05. The van der Waals surface area contributed by atoms with Crippen molar-refractivity contribution in [1.29, 1.82) is 0 Å². The quantitative estimate of drug-likeness (QED) is 0.670. The molecule has 2 aromatic rings. The second kappa shape index (κ2) is 7.88. The molecule has 1 atom stereocenters. The molecule has 0 radical (unpaired) electrons. The van der Waals surface area contributed by atoms with Gasteiger partial charge in [-0.2, -0.15) is 0 Å². The Labute approximate surface area is 135 Å². The first-order valence-electron chi connectivity index (χ1n) is 8.30. The maximum absolute atomic E-state index is 3.56. The predicted octanol–water partition coefficient (Wildman–Crippen LogP) is 5.84. The van der Waals surface area contributed by atoms with E-state index in [2.05, 4.69) is 86.9 Å². The average Bonchev–Trinajstić information content (AvgIpc) is 2.49. The molecule has 0 amide bonds. The van der Waals surface area contributed by atoms with Gasteiger partial charge in [0.2, 0.25) is 0 Å². The highest BCUT2D eigenvalue weighted by atomic mass is 14.9. The first-order valence-corrected chi connectivity index (χ1v) is 8.30. The zero-order valence-corrected chi connectivity index (χ0v) is 14.2. The summed E-state index contributed by atoms with van der Waals surface area (Å²) in [4.78, 5) is 0. The highest BCUT2D eigenvalue weighted by molar-refractivity contribution is 5.65. The highest BCUT2D eigenvalue weighted by Crippen LogP contribution is 2.23. The zero-order valence-electron chi connectivity index (χ0n) is 14.2. The van der Waals surface area contributed by atoms with Crippen LogP contribution in [0.25, 0.3) is 0 Å². The van der Waals surface area contributed by atoms with Gasteiger partial charge in [0.05, 0.1) is 0 Å². The number of anilines is 3. The van der Waals surface area contributed by atoms with Crippen molar-refractivity contribution < 1.29 is 0 Å². The Bertz CT molecular complexity index is 573. The van der Waals surface area contributed by atoms with Crippen LogP contribution in [0.3, 0.4) is 0 Å². The minimum absolute atomic E-state index is 0.500. The van der Waals surface area contributed by atoms with Crippen molar-refractivity contribution >= 4 is 17.1 Å². The van der Waals surface area contributed by atoms with Crippen LogP contribution in [0.1, 0.15) is 39.7 Å². The van der Waals surface area contributed by atoms with Crippen LogP contribution >= 0.6 is 0 Å². The third-order valence-corrected chi connectivity index (χ3v) is 3.80. The predicted molar refractivity (Wildman–Crippen MR) is 98.1 cm³/mol. The molecular weight excluding hydrogens is 268 g/mol. The Morgan fingerprint density at radius 3 is 2.14 bits per heavy atom. The van der Waals surface area contributed by atoms with E-state index in [1.54, 1.807) is 0 Å². The maximum atomic E-state index is 3.56. The lowest BCUT2D eigenvalue weighted by Crippen LogP contribution is -2.17. The van der Waals surface area contributed by atoms with Crippen LogP contribution < -0.4 is 10.6 Å². The van der Waals surface area contributed by atoms with Gasteiger partial charge in [0.1, 0.15) is 0 Å². The van der Waals surface area contributed by atoms with E-state index in [0.29, 0.717) is 12.0 Å². The minimum atomic E-state index is 0.500. The normalized spacial score (nSPS) is 12.2. The van der Waals surface area contributed by atoms with Crippen LogP contribution in [0.4, 0.5) is 17.1 Å². The average molecular weight is 296 g/mol. The van der Waals surface area contributed by atoms with Crippen LogP contribution in [0.2, 0.25) is 0 Å². The van der Waals surface area contributed by atoms with Crippen LogP contribution in [-0.4, -0.2) is 6.04 Å². The molecule has 2 aromatic carbocycles. The molecule has 0 aliphatic carbocycles.